The fourth-order valence-corrected chi connectivity index (χ4v) is 6.79. The summed E-state index contributed by atoms with van der Waals surface area (Å²) in [5, 5.41) is 23.6. The maximum Gasteiger partial charge on any atom is 0.413 e. The number of nitrogens with one attached hydrogen (secondary N) is 4. The van der Waals surface area contributed by atoms with Crippen molar-refractivity contribution < 1.29 is 52.5 Å². The third-order valence-corrected chi connectivity index (χ3v) is 9.66. The number of hydrogen-bond donors (Lipinski definition) is 5. The molecule has 1 aliphatic heterocycles. The number of oxazole rings is 1. The van der Waals surface area contributed by atoms with Gasteiger partial charge in [0.2, 0.25) is 11.8 Å². The summed E-state index contributed by atoms with van der Waals surface area (Å²) in [6.07, 6.45) is 1.26. The van der Waals surface area contributed by atoms with E-state index in [-0.39, 0.29) is 35.2 Å². The number of carbonyl (C=O) groups excluding carboxylic acids is 6. The van der Waals surface area contributed by atoms with Crippen LogP contribution in [-0.4, -0.2) is 104 Å². The number of thiazole rings is 2. The zero-order chi connectivity index (χ0) is 40.8. The first-order valence-corrected chi connectivity index (χ1v) is 18.7. The van der Waals surface area contributed by atoms with Gasteiger partial charge in [-0.15, -0.1) is 22.7 Å². The molecule has 19 nitrogen and oxygen atoms in total. The molecular formula is C34H44N8O11S2. The Kier molecular flexibility index (Phi) is 13.5. The van der Waals surface area contributed by atoms with Gasteiger partial charge in [-0.25, -0.2) is 24.5 Å². The molecule has 1 saturated heterocycles. The molecule has 3 aromatic heterocycles. The van der Waals surface area contributed by atoms with Crippen LogP contribution in [0.5, 0.6) is 0 Å². The number of aliphatic hydroxyl groups is 1. The molecule has 0 bridgehead atoms. The largest absolute Gasteiger partial charge is 0.467 e. The Balaban J connectivity index is 1.32. The summed E-state index contributed by atoms with van der Waals surface area (Å²) in [7, 11) is 1.13. The first kappa shape index (κ1) is 42.5. The van der Waals surface area contributed by atoms with Gasteiger partial charge in [-0.3, -0.25) is 24.1 Å². The van der Waals surface area contributed by atoms with Gasteiger partial charge in [0.25, 0.3) is 17.7 Å². The van der Waals surface area contributed by atoms with Gasteiger partial charge in [-0.2, -0.15) is 0 Å². The molecule has 5 N–H and O–H groups in total. The first-order valence-electron chi connectivity index (χ1n) is 16.9. The molecular weight excluding hydrogens is 761 g/mol. The number of amides is 5. The van der Waals surface area contributed by atoms with E-state index in [1.54, 1.807) is 55.4 Å². The molecule has 1 fully saturated rings. The number of hydrogen-bond acceptors (Lipinski definition) is 16. The number of allylic oxidation sites excluding steroid dienone is 1. The minimum absolute atomic E-state index is 0.00867. The van der Waals surface area contributed by atoms with Gasteiger partial charge in [-0.1, -0.05) is 6.08 Å². The number of rotatable bonds is 13. The van der Waals surface area contributed by atoms with E-state index in [0.717, 1.165) is 36.0 Å². The Bertz CT molecular complexity index is 1950. The molecule has 55 heavy (non-hydrogen) atoms. The molecule has 1 aliphatic rings. The summed E-state index contributed by atoms with van der Waals surface area (Å²) in [5.74, 6) is -3.27. The third kappa shape index (κ3) is 10.5. The van der Waals surface area contributed by atoms with Gasteiger partial charge < -0.3 is 45.0 Å². The fourth-order valence-electron chi connectivity index (χ4n) is 5.27. The predicted molar refractivity (Wildman–Crippen MR) is 196 cm³/mol. The molecule has 0 aliphatic carbocycles. The lowest BCUT2D eigenvalue weighted by molar-refractivity contribution is -0.143. The number of methoxy groups -OCH3 is 1. The van der Waals surface area contributed by atoms with Crippen LogP contribution in [0.1, 0.15) is 109 Å². The van der Waals surface area contributed by atoms with Crippen molar-refractivity contribution in [2.45, 2.75) is 97.5 Å². The van der Waals surface area contributed by atoms with Crippen molar-refractivity contribution in [2.24, 2.45) is 0 Å². The molecule has 4 atom stereocenters. The molecule has 4 rings (SSSR count). The number of esters is 1. The fraction of sp³-hybridized carbons (Fsp3) is 0.500. The average Bonchev–Trinajstić information content (AvgIpc) is 3.93. The van der Waals surface area contributed by atoms with Gasteiger partial charge in [0.1, 0.15) is 45.0 Å². The van der Waals surface area contributed by atoms with Crippen LogP contribution in [0, 0.1) is 0 Å². The molecule has 0 aromatic carbocycles. The Morgan fingerprint density at radius 3 is 2.31 bits per heavy atom. The molecule has 0 saturated carbocycles. The lowest BCUT2D eigenvalue weighted by Gasteiger charge is -2.34. The number of nitrogens with zero attached hydrogens (tertiary/aromatic N) is 4. The van der Waals surface area contributed by atoms with Crippen molar-refractivity contribution >= 4 is 64.1 Å². The van der Waals surface area contributed by atoms with Crippen LogP contribution in [0.15, 0.2) is 27.5 Å². The van der Waals surface area contributed by atoms with Gasteiger partial charge in [-0.05, 0) is 55.4 Å². The summed E-state index contributed by atoms with van der Waals surface area (Å²) in [4.78, 5) is 90.6. The normalized spacial score (nSPS) is 17.9. The highest BCUT2D eigenvalue weighted by Crippen LogP contribution is 2.34. The van der Waals surface area contributed by atoms with Crippen LogP contribution in [0.3, 0.4) is 0 Å². The highest BCUT2D eigenvalue weighted by atomic mass is 32.1. The smallest absolute Gasteiger partial charge is 0.413 e. The number of aliphatic hydroxyl groups excluding tert-OH is 1. The van der Waals surface area contributed by atoms with E-state index < -0.39 is 77.9 Å². The van der Waals surface area contributed by atoms with E-state index in [9.17, 15) is 33.9 Å². The Morgan fingerprint density at radius 1 is 1.02 bits per heavy atom. The van der Waals surface area contributed by atoms with Gasteiger partial charge in [0, 0.05) is 10.8 Å². The summed E-state index contributed by atoms with van der Waals surface area (Å²) in [5.41, 5.74) is -1.80. The quantitative estimate of drug-likeness (QED) is 0.156. The molecule has 3 aromatic rings. The third-order valence-electron chi connectivity index (χ3n) is 7.78. The van der Waals surface area contributed by atoms with Crippen molar-refractivity contribution in [3.05, 3.63) is 56.1 Å². The SMILES string of the molecule is C/C=C(\NC(=O)[C@@H]1[C@@H](C)OC(C)(C)N1C(=O)OC(C)(C)C)c1nc(C(=O)NCc2nc(C(=O)N[C@@H](C)c3nc(C(=O)N[C@@H](CO)C(=O)OC)cs3)cs2)co1. The minimum Gasteiger partial charge on any atom is -0.467 e. The molecule has 298 valence electrons. The number of carbonyl (C=O) groups is 6. The second kappa shape index (κ2) is 17.5. The molecule has 4 heterocycles. The Hall–Kier alpha value is -5.25. The zero-order valence-electron chi connectivity index (χ0n) is 31.7. The van der Waals surface area contributed by atoms with Crippen molar-refractivity contribution in [1.29, 1.82) is 0 Å². The van der Waals surface area contributed by atoms with E-state index in [4.69, 9.17) is 13.9 Å². The summed E-state index contributed by atoms with van der Waals surface area (Å²) in [6.45, 7) is 12.8. The van der Waals surface area contributed by atoms with Gasteiger partial charge in [0.05, 0.1) is 38.1 Å². The summed E-state index contributed by atoms with van der Waals surface area (Å²) in [6, 6.07) is -2.92. The minimum atomic E-state index is -1.25. The summed E-state index contributed by atoms with van der Waals surface area (Å²) < 4.78 is 21.5. The van der Waals surface area contributed by atoms with E-state index in [0.29, 0.717) is 10.0 Å². The van der Waals surface area contributed by atoms with Crippen LogP contribution in [0.2, 0.25) is 0 Å². The summed E-state index contributed by atoms with van der Waals surface area (Å²) >= 11 is 2.25. The van der Waals surface area contributed by atoms with Crippen molar-refractivity contribution in [2.75, 3.05) is 13.7 Å². The second-order valence-corrected chi connectivity index (χ2v) is 15.4. The molecule has 5 amide bonds. The van der Waals surface area contributed by atoms with Crippen LogP contribution in [0.4, 0.5) is 4.79 Å². The predicted octanol–water partition coefficient (Wildman–Crippen LogP) is 2.51. The molecule has 21 heteroatoms. The monoisotopic (exact) mass is 804 g/mol. The molecule has 0 spiro atoms. The zero-order valence-corrected chi connectivity index (χ0v) is 33.3. The highest BCUT2D eigenvalue weighted by Gasteiger charge is 2.53. The van der Waals surface area contributed by atoms with E-state index >= 15 is 0 Å². The highest BCUT2D eigenvalue weighted by molar-refractivity contribution is 7.10. The van der Waals surface area contributed by atoms with Crippen LogP contribution in [-0.2, 0) is 30.3 Å². The second-order valence-electron chi connectivity index (χ2n) is 13.6. The van der Waals surface area contributed by atoms with E-state index in [1.807, 2.05) is 0 Å². The lowest BCUT2D eigenvalue weighted by Crippen LogP contribution is -2.55. The maximum absolute atomic E-state index is 13.5. The Labute approximate surface area is 324 Å². The number of aromatic nitrogens is 3. The first-order chi connectivity index (χ1) is 25.8. The van der Waals surface area contributed by atoms with Crippen molar-refractivity contribution in [3.63, 3.8) is 0 Å². The Morgan fingerprint density at radius 2 is 1.67 bits per heavy atom. The molecule has 0 radical (unpaired) electrons. The topological polar surface area (TPSA) is 254 Å². The number of ether oxygens (including phenoxy) is 3. The molecule has 0 unspecified atom stereocenters. The van der Waals surface area contributed by atoms with Crippen molar-refractivity contribution in [1.82, 2.24) is 41.1 Å². The van der Waals surface area contributed by atoms with E-state index in [1.165, 1.54) is 21.7 Å². The van der Waals surface area contributed by atoms with Crippen molar-refractivity contribution in [3.8, 4) is 0 Å². The van der Waals surface area contributed by atoms with Crippen LogP contribution in [0.25, 0.3) is 5.70 Å². The van der Waals surface area contributed by atoms with Gasteiger partial charge in [0.15, 0.2) is 11.7 Å². The van der Waals surface area contributed by atoms with E-state index in [2.05, 4.69) is 41.0 Å². The standard InChI is InChI=1S/C34H44N8O11S2/c1-10-18(38-28(47)24-17(3)52-34(7,8)42(24)32(49)53-33(4,5)6)29-40-20(13-51-29)25(44)35-11-23-37-21(14-54-23)26(45)36-16(2)30-41-22(15-55-30)27(46)39-19(12-43)31(48)50-9/h10,13-17,19,24,43H,11-12H2,1-9H3,(H,35,44)(H,36,45)(H,38,47)(H,39,46)/b18-10-/t16-,17+,19-,24-/m0/s1. The average molecular weight is 805 g/mol. The van der Waals surface area contributed by atoms with Crippen LogP contribution >= 0.6 is 22.7 Å². The van der Waals surface area contributed by atoms with Gasteiger partial charge >= 0.3 is 12.1 Å². The lowest BCUT2D eigenvalue weighted by atomic mass is 10.1. The maximum atomic E-state index is 13.5. The van der Waals surface area contributed by atoms with Crippen LogP contribution < -0.4 is 21.3 Å².